The minimum atomic E-state index is 0.690. The van der Waals surface area contributed by atoms with Crippen LogP contribution in [0.15, 0.2) is 47.5 Å². The summed E-state index contributed by atoms with van der Waals surface area (Å²) in [6, 6.07) is 7.98. The average molecular weight is 347 g/mol. The lowest BCUT2D eigenvalue weighted by atomic mass is 10.2. The Bertz CT molecular complexity index is 771. The first kappa shape index (κ1) is 13.9. The Balaban J connectivity index is 1.97. The number of nitrogens with zero attached hydrogens (tertiary/aromatic N) is 4. The van der Waals surface area contributed by atoms with Crippen LogP contribution >= 0.6 is 15.9 Å². The third-order valence-corrected chi connectivity index (χ3v) is 3.67. The van der Waals surface area contributed by atoms with Gasteiger partial charge in [-0.15, -0.1) is 0 Å². The molecule has 1 aromatic carbocycles. The number of fused-ring (bicyclic) bond motifs is 1. The van der Waals surface area contributed by atoms with Gasteiger partial charge < -0.3 is 14.0 Å². The molecule has 0 spiro atoms. The monoisotopic (exact) mass is 346 g/mol. The lowest BCUT2D eigenvalue weighted by molar-refractivity contribution is 0.409. The van der Waals surface area contributed by atoms with Gasteiger partial charge in [-0.25, -0.2) is 9.97 Å². The Morgan fingerprint density at radius 1 is 1.33 bits per heavy atom. The van der Waals surface area contributed by atoms with Gasteiger partial charge in [-0.3, -0.25) is 0 Å². The number of halogens is 1. The Labute approximate surface area is 131 Å². The molecule has 0 bridgehead atoms. The van der Waals surface area contributed by atoms with Crippen molar-refractivity contribution in [3.05, 3.63) is 53.0 Å². The summed E-state index contributed by atoms with van der Waals surface area (Å²) in [5, 5.41) is 0. The molecule has 0 saturated heterocycles. The summed E-state index contributed by atoms with van der Waals surface area (Å²) in [5.74, 6) is 1.69. The first-order valence-corrected chi connectivity index (χ1v) is 7.30. The van der Waals surface area contributed by atoms with Crippen LogP contribution in [0.25, 0.3) is 5.65 Å². The highest BCUT2D eigenvalue weighted by Crippen LogP contribution is 2.24. The Hall–Kier alpha value is -2.08. The van der Waals surface area contributed by atoms with Gasteiger partial charge in [0.25, 0.3) is 0 Å². The molecule has 0 aliphatic rings. The van der Waals surface area contributed by atoms with Gasteiger partial charge in [0.05, 0.1) is 7.11 Å². The first-order chi connectivity index (χ1) is 10.2. The fraction of sp³-hybridized carbons (Fsp3) is 0.200. The van der Waals surface area contributed by atoms with E-state index < -0.39 is 0 Å². The van der Waals surface area contributed by atoms with Crippen LogP contribution in [-0.4, -0.2) is 28.5 Å². The standard InChI is InChI=1S/C15H15BrN4O/c1-19(9-11-5-3-4-6-12(11)21-2)15-14-17-7-8-20(14)10-13(16)18-15/h3-8,10H,9H2,1-2H3. The predicted molar refractivity (Wildman–Crippen MR) is 85.8 cm³/mol. The van der Waals surface area contributed by atoms with Gasteiger partial charge >= 0.3 is 0 Å². The van der Waals surface area contributed by atoms with E-state index in [-0.39, 0.29) is 0 Å². The van der Waals surface area contributed by atoms with Crippen molar-refractivity contribution < 1.29 is 4.74 Å². The second kappa shape index (κ2) is 5.73. The number of para-hydroxylation sites is 1. The normalized spacial score (nSPS) is 10.8. The second-order valence-corrected chi connectivity index (χ2v) is 5.53. The number of imidazole rings is 1. The van der Waals surface area contributed by atoms with E-state index in [9.17, 15) is 0 Å². The minimum Gasteiger partial charge on any atom is -0.496 e. The molecular formula is C15H15BrN4O. The molecule has 0 N–H and O–H groups in total. The first-order valence-electron chi connectivity index (χ1n) is 6.51. The van der Waals surface area contributed by atoms with E-state index in [4.69, 9.17) is 4.74 Å². The van der Waals surface area contributed by atoms with Gasteiger partial charge in [-0.2, -0.15) is 0 Å². The van der Waals surface area contributed by atoms with E-state index in [1.807, 2.05) is 42.0 Å². The maximum Gasteiger partial charge on any atom is 0.180 e. The molecule has 2 heterocycles. The van der Waals surface area contributed by atoms with Gasteiger partial charge in [-0.1, -0.05) is 18.2 Å². The van der Waals surface area contributed by atoms with Crippen molar-refractivity contribution in [3.8, 4) is 5.75 Å². The summed E-state index contributed by atoms with van der Waals surface area (Å²) in [6.07, 6.45) is 5.56. The van der Waals surface area contributed by atoms with Crippen molar-refractivity contribution in [3.63, 3.8) is 0 Å². The lowest BCUT2D eigenvalue weighted by Gasteiger charge is -2.20. The third kappa shape index (κ3) is 2.71. The number of methoxy groups -OCH3 is 1. The Morgan fingerprint density at radius 3 is 2.95 bits per heavy atom. The number of ether oxygens (including phenoxy) is 1. The van der Waals surface area contributed by atoms with E-state index >= 15 is 0 Å². The van der Waals surface area contributed by atoms with E-state index in [1.54, 1.807) is 13.3 Å². The molecule has 2 aromatic heterocycles. The van der Waals surface area contributed by atoms with Crippen LogP contribution in [0, 0.1) is 0 Å². The second-order valence-electron chi connectivity index (χ2n) is 4.71. The zero-order chi connectivity index (χ0) is 14.8. The molecule has 0 radical (unpaired) electrons. The van der Waals surface area contributed by atoms with Gasteiger partial charge in [0.1, 0.15) is 10.4 Å². The fourth-order valence-corrected chi connectivity index (χ4v) is 2.69. The average Bonchev–Trinajstić information content (AvgIpc) is 2.94. The number of rotatable bonds is 4. The van der Waals surface area contributed by atoms with Crippen LogP contribution in [0.4, 0.5) is 5.82 Å². The van der Waals surface area contributed by atoms with E-state index in [1.165, 1.54) is 0 Å². The van der Waals surface area contributed by atoms with Crippen LogP contribution in [0.1, 0.15) is 5.56 Å². The smallest absolute Gasteiger partial charge is 0.180 e. The van der Waals surface area contributed by atoms with Gasteiger partial charge in [0.15, 0.2) is 11.5 Å². The molecule has 0 atom stereocenters. The number of aromatic nitrogens is 3. The molecule has 0 fully saturated rings. The van der Waals surface area contributed by atoms with Crippen molar-refractivity contribution in [1.82, 2.24) is 14.4 Å². The van der Waals surface area contributed by atoms with Crippen molar-refractivity contribution in [2.24, 2.45) is 0 Å². The SMILES string of the molecule is COc1ccccc1CN(C)c1nc(Br)cn2ccnc12. The van der Waals surface area contributed by atoms with Crippen LogP contribution in [0.3, 0.4) is 0 Å². The summed E-state index contributed by atoms with van der Waals surface area (Å²) >= 11 is 3.44. The van der Waals surface area contributed by atoms with E-state index in [0.717, 1.165) is 27.4 Å². The topological polar surface area (TPSA) is 42.7 Å². The van der Waals surface area contributed by atoms with Crippen molar-refractivity contribution in [1.29, 1.82) is 0 Å². The zero-order valence-electron chi connectivity index (χ0n) is 11.8. The number of hydrogen-bond acceptors (Lipinski definition) is 4. The molecule has 3 aromatic rings. The molecule has 5 nitrogen and oxygen atoms in total. The molecule has 0 aliphatic heterocycles. The highest BCUT2D eigenvalue weighted by atomic mass is 79.9. The van der Waals surface area contributed by atoms with Crippen LogP contribution < -0.4 is 9.64 Å². The summed E-state index contributed by atoms with van der Waals surface area (Å²) in [6.45, 7) is 0.690. The Kier molecular flexibility index (Phi) is 3.79. The molecule has 0 aliphatic carbocycles. The van der Waals surface area contributed by atoms with Crippen molar-refractivity contribution in [2.45, 2.75) is 6.54 Å². The molecule has 0 amide bonds. The largest absolute Gasteiger partial charge is 0.496 e. The predicted octanol–water partition coefficient (Wildman–Crippen LogP) is 3.14. The zero-order valence-corrected chi connectivity index (χ0v) is 13.4. The summed E-state index contributed by atoms with van der Waals surface area (Å²) in [4.78, 5) is 11.0. The van der Waals surface area contributed by atoms with Crippen molar-refractivity contribution in [2.75, 3.05) is 19.1 Å². The Morgan fingerprint density at radius 2 is 2.14 bits per heavy atom. The summed E-state index contributed by atoms with van der Waals surface area (Å²) < 4.78 is 8.12. The van der Waals surface area contributed by atoms with E-state index in [2.05, 4.69) is 36.9 Å². The highest BCUT2D eigenvalue weighted by Gasteiger charge is 2.13. The van der Waals surface area contributed by atoms with Gasteiger partial charge in [0.2, 0.25) is 0 Å². The number of benzene rings is 1. The molecule has 3 rings (SSSR count). The van der Waals surface area contributed by atoms with Crippen LogP contribution in [-0.2, 0) is 6.54 Å². The molecule has 0 unspecified atom stereocenters. The maximum absolute atomic E-state index is 5.40. The molecular weight excluding hydrogens is 332 g/mol. The van der Waals surface area contributed by atoms with Crippen molar-refractivity contribution >= 4 is 27.4 Å². The maximum atomic E-state index is 5.40. The van der Waals surface area contributed by atoms with Crippen LogP contribution in [0.2, 0.25) is 0 Å². The molecule has 21 heavy (non-hydrogen) atoms. The highest BCUT2D eigenvalue weighted by molar-refractivity contribution is 9.10. The molecule has 6 heteroatoms. The molecule has 0 saturated carbocycles. The van der Waals surface area contributed by atoms with Gasteiger partial charge in [0, 0.05) is 37.7 Å². The molecule has 108 valence electrons. The lowest BCUT2D eigenvalue weighted by Crippen LogP contribution is -2.19. The fourth-order valence-electron chi connectivity index (χ4n) is 2.31. The van der Waals surface area contributed by atoms with Crippen LogP contribution in [0.5, 0.6) is 5.75 Å². The summed E-state index contributed by atoms with van der Waals surface area (Å²) in [5.41, 5.74) is 1.93. The van der Waals surface area contributed by atoms with E-state index in [0.29, 0.717) is 6.54 Å². The van der Waals surface area contributed by atoms with Gasteiger partial charge in [-0.05, 0) is 22.0 Å². The minimum absolute atomic E-state index is 0.690. The summed E-state index contributed by atoms with van der Waals surface area (Å²) in [7, 11) is 3.68. The third-order valence-electron chi connectivity index (χ3n) is 3.29. The number of anilines is 1. The number of hydrogen-bond donors (Lipinski definition) is 0. The quantitative estimate of drug-likeness (QED) is 0.727.